The molecule has 0 spiro atoms. The summed E-state index contributed by atoms with van der Waals surface area (Å²) in [7, 11) is 3.79. The average Bonchev–Trinajstić information content (AvgIpc) is 2.28. The van der Waals surface area contributed by atoms with E-state index in [9.17, 15) is 0 Å². The lowest BCUT2D eigenvalue weighted by Crippen LogP contribution is -2.32. The second kappa shape index (κ2) is 6.38. The molecule has 0 heterocycles. The van der Waals surface area contributed by atoms with Crippen LogP contribution in [0.2, 0.25) is 0 Å². The number of rotatable bonds is 6. The van der Waals surface area contributed by atoms with E-state index in [4.69, 9.17) is 4.74 Å². The minimum atomic E-state index is 0.533. The van der Waals surface area contributed by atoms with E-state index >= 15 is 0 Å². The summed E-state index contributed by atoms with van der Waals surface area (Å²) >= 11 is 0. The molecule has 0 bridgehead atoms. The zero-order valence-electron chi connectivity index (χ0n) is 10.7. The van der Waals surface area contributed by atoms with Crippen molar-refractivity contribution in [3.63, 3.8) is 0 Å². The van der Waals surface area contributed by atoms with Gasteiger partial charge < -0.3 is 15.0 Å². The van der Waals surface area contributed by atoms with Crippen LogP contribution < -0.4 is 15.0 Å². The molecule has 0 radical (unpaired) electrons. The van der Waals surface area contributed by atoms with Crippen LogP contribution in [0.15, 0.2) is 24.3 Å². The molecule has 16 heavy (non-hydrogen) atoms. The van der Waals surface area contributed by atoms with E-state index in [0.29, 0.717) is 6.04 Å². The molecule has 0 aromatic heterocycles. The Morgan fingerprint density at radius 2 is 2.00 bits per heavy atom. The van der Waals surface area contributed by atoms with Crippen LogP contribution in [-0.4, -0.2) is 33.3 Å². The number of likely N-dealkylation sites (N-methyl/N-ethyl adjacent to an activating group) is 1. The number of methoxy groups -OCH3 is 1. The number of hydrogen-bond acceptors (Lipinski definition) is 3. The van der Waals surface area contributed by atoms with Gasteiger partial charge in [-0.15, -0.1) is 0 Å². The van der Waals surface area contributed by atoms with Crippen LogP contribution in [0.3, 0.4) is 0 Å². The van der Waals surface area contributed by atoms with E-state index in [2.05, 4.69) is 37.2 Å². The van der Waals surface area contributed by atoms with Crippen molar-refractivity contribution >= 4 is 5.69 Å². The first-order chi connectivity index (χ1) is 7.65. The van der Waals surface area contributed by atoms with Crippen molar-refractivity contribution < 1.29 is 4.74 Å². The number of para-hydroxylation sites is 2. The molecule has 0 aliphatic heterocycles. The number of nitrogens with zero attached hydrogens (tertiary/aromatic N) is 1. The highest BCUT2D eigenvalue weighted by Crippen LogP contribution is 2.25. The van der Waals surface area contributed by atoms with Gasteiger partial charge in [0.2, 0.25) is 0 Å². The molecule has 3 heteroatoms. The maximum absolute atomic E-state index is 5.33. The Morgan fingerprint density at radius 1 is 1.31 bits per heavy atom. The third kappa shape index (κ3) is 3.74. The summed E-state index contributed by atoms with van der Waals surface area (Å²) in [6.07, 6.45) is 0. The summed E-state index contributed by atoms with van der Waals surface area (Å²) in [5.41, 5.74) is 1.13. The van der Waals surface area contributed by atoms with Crippen LogP contribution in [-0.2, 0) is 0 Å². The molecule has 90 valence electrons. The molecule has 0 atom stereocenters. The molecular weight excluding hydrogens is 200 g/mol. The predicted octanol–water partition coefficient (Wildman–Crippen LogP) is 2.13. The number of hydrogen-bond donors (Lipinski definition) is 1. The molecule has 3 nitrogen and oxygen atoms in total. The van der Waals surface area contributed by atoms with Crippen LogP contribution >= 0.6 is 0 Å². The van der Waals surface area contributed by atoms with Crippen molar-refractivity contribution in [3.05, 3.63) is 24.3 Å². The highest BCUT2D eigenvalue weighted by Gasteiger charge is 2.06. The van der Waals surface area contributed by atoms with Crippen molar-refractivity contribution in [1.29, 1.82) is 0 Å². The second-order valence-corrected chi connectivity index (χ2v) is 4.20. The molecule has 0 aliphatic rings. The lowest BCUT2D eigenvalue weighted by molar-refractivity contribution is 0.414. The fourth-order valence-electron chi connectivity index (χ4n) is 1.59. The molecule has 0 amide bonds. The minimum absolute atomic E-state index is 0.533. The highest BCUT2D eigenvalue weighted by atomic mass is 16.5. The van der Waals surface area contributed by atoms with E-state index in [1.54, 1.807) is 7.11 Å². The number of benzene rings is 1. The van der Waals surface area contributed by atoms with Gasteiger partial charge in [-0.1, -0.05) is 26.0 Å². The van der Waals surface area contributed by atoms with Crippen LogP contribution in [0.5, 0.6) is 5.75 Å². The Bertz CT molecular complexity index is 313. The van der Waals surface area contributed by atoms with Crippen molar-refractivity contribution in [2.75, 3.05) is 32.1 Å². The van der Waals surface area contributed by atoms with Gasteiger partial charge in [0.15, 0.2) is 0 Å². The average molecular weight is 222 g/mol. The summed E-state index contributed by atoms with van der Waals surface area (Å²) in [4.78, 5) is 2.20. The third-order valence-electron chi connectivity index (χ3n) is 2.50. The lowest BCUT2D eigenvalue weighted by Gasteiger charge is -2.22. The van der Waals surface area contributed by atoms with E-state index < -0.39 is 0 Å². The van der Waals surface area contributed by atoms with Gasteiger partial charge in [0.25, 0.3) is 0 Å². The lowest BCUT2D eigenvalue weighted by atomic mass is 10.2. The maximum Gasteiger partial charge on any atom is 0.142 e. The normalized spacial score (nSPS) is 10.6. The molecule has 1 aromatic carbocycles. The molecule has 1 aromatic rings. The predicted molar refractivity (Wildman–Crippen MR) is 69.4 cm³/mol. The van der Waals surface area contributed by atoms with Crippen molar-refractivity contribution in [2.24, 2.45) is 0 Å². The monoisotopic (exact) mass is 222 g/mol. The van der Waals surface area contributed by atoms with Gasteiger partial charge in [-0.3, -0.25) is 0 Å². The fourth-order valence-corrected chi connectivity index (χ4v) is 1.59. The summed E-state index contributed by atoms with van der Waals surface area (Å²) in [5, 5.41) is 3.40. The molecule has 0 aliphatic carbocycles. The second-order valence-electron chi connectivity index (χ2n) is 4.20. The van der Waals surface area contributed by atoms with E-state index in [1.807, 2.05) is 18.2 Å². The molecule has 1 N–H and O–H groups in total. The standard InChI is InChI=1S/C13H22N2O/c1-11(2)14-9-10-15(3)12-7-5-6-8-13(12)16-4/h5-8,11,14H,9-10H2,1-4H3. The minimum Gasteiger partial charge on any atom is -0.495 e. The van der Waals surface area contributed by atoms with Gasteiger partial charge in [0.1, 0.15) is 5.75 Å². The number of anilines is 1. The van der Waals surface area contributed by atoms with E-state index in [1.165, 1.54) is 0 Å². The SMILES string of the molecule is COc1ccccc1N(C)CCNC(C)C. The third-order valence-corrected chi connectivity index (χ3v) is 2.50. The van der Waals surface area contributed by atoms with Gasteiger partial charge in [-0.2, -0.15) is 0 Å². The first-order valence-electron chi connectivity index (χ1n) is 5.72. The zero-order valence-corrected chi connectivity index (χ0v) is 10.7. The van der Waals surface area contributed by atoms with Crippen LogP contribution in [0.1, 0.15) is 13.8 Å². The van der Waals surface area contributed by atoms with Crippen LogP contribution in [0.4, 0.5) is 5.69 Å². The van der Waals surface area contributed by atoms with Crippen LogP contribution in [0, 0.1) is 0 Å². The zero-order chi connectivity index (χ0) is 12.0. The van der Waals surface area contributed by atoms with Crippen LogP contribution in [0.25, 0.3) is 0 Å². The summed E-state index contributed by atoms with van der Waals surface area (Å²) in [6, 6.07) is 8.62. The van der Waals surface area contributed by atoms with Gasteiger partial charge in [-0.25, -0.2) is 0 Å². The Balaban J connectivity index is 2.55. The maximum atomic E-state index is 5.33. The largest absolute Gasteiger partial charge is 0.495 e. The molecule has 0 unspecified atom stereocenters. The Kier molecular flexibility index (Phi) is 5.12. The molecule has 0 saturated heterocycles. The first kappa shape index (κ1) is 12.8. The van der Waals surface area contributed by atoms with Crippen molar-refractivity contribution in [1.82, 2.24) is 5.32 Å². The topological polar surface area (TPSA) is 24.5 Å². The molecule has 1 rings (SSSR count). The smallest absolute Gasteiger partial charge is 0.142 e. The Hall–Kier alpha value is -1.22. The van der Waals surface area contributed by atoms with Gasteiger partial charge >= 0.3 is 0 Å². The summed E-state index contributed by atoms with van der Waals surface area (Å²) < 4.78 is 5.33. The molecule has 0 fully saturated rings. The quantitative estimate of drug-likeness (QED) is 0.798. The Labute approximate surface area is 98.4 Å². The summed E-state index contributed by atoms with van der Waals surface area (Å²) in [5.74, 6) is 0.926. The van der Waals surface area contributed by atoms with E-state index in [0.717, 1.165) is 24.5 Å². The van der Waals surface area contributed by atoms with Gasteiger partial charge in [0, 0.05) is 26.2 Å². The molecular formula is C13H22N2O. The van der Waals surface area contributed by atoms with Gasteiger partial charge in [-0.05, 0) is 12.1 Å². The highest BCUT2D eigenvalue weighted by molar-refractivity contribution is 5.57. The fraction of sp³-hybridized carbons (Fsp3) is 0.538. The summed E-state index contributed by atoms with van der Waals surface area (Å²) in [6.45, 7) is 6.26. The first-order valence-corrected chi connectivity index (χ1v) is 5.72. The Morgan fingerprint density at radius 3 is 2.62 bits per heavy atom. The van der Waals surface area contributed by atoms with Crippen molar-refractivity contribution in [3.8, 4) is 5.75 Å². The van der Waals surface area contributed by atoms with Gasteiger partial charge in [0.05, 0.1) is 12.8 Å². The number of nitrogens with one attached hydrogen (secondary N) is 1. The van der Waals surface area contributed by atoms with E-state index in [-0.39, 0.29) is 0 Å². The number of ether oxygens (including phenoxy) is 1. The van der Waals surface area contributed by atoms with Crippen molar-refractivity contribution in [2.45, 2.75) is 19.9 Å². The molecule has 0 saturated carbocycles.